The van der Waals surface area contributed by atoms with Gasteiger partial charge in [0.05, 0.1) is 0 Å². The van der Waals surface area contributed by atoms with E-state index in [1.807, 2.05) is 24.3 Å². The van der Waals surface area contributed by atoms with Crippen molar-refractivity contribution < 1.29 is 19.1 Å². The van der Waals surface area contributed by atoms with Crippen molar-refractivity contribution in [2.24, 2.45) is 5.73 Å². The Labute approximate surface area is 122 Å². The van der Waals surface area contributed by atoms with Gasteiger partial charge in [-0.2, -0.15) is 0 Å². The molecule has 0 heterocycles. The number of carbonyl (C=O) groups excluding carboxylic acids is 2. The summed E-state index contributed by atoms with van der Waals surface area (Å²) in [5.74, 6) is -0.448. The normalized spacial score (nSPS) is 10.4. The van der Waals surface area contributed by atoms with Crippen molar-refractivity contribution in [1.29, 1.82) is 0 Å². The molecule has 0 bridgehead atoms. The molecule has 2 aromatic carbocycles. The van der Waals surface area contributed by atoms with Gasteiger partial charge in [0.2, 0.25) is 0 Å². The summed E-state index contributed by atoms with van der Waals surface area (Å²) in [6, 6.07) is 9.17. The number of ether oxygens (including phenoxy) is 2. The molecule has 0 aliphatic carbocycles. The van der Waals surface area contributed by atoms with Crippen molar-refractivity contribution in [1.82, 2.24) is 0 Å². The van der Waals surface area contributed by atoms with Crippen LogP contribution in [-0.4, -0.2) is 18.5 Å². The predicted octanol–water partition coefficient (Wildman–Crippen LogP) is 2.19. The lowest BCUT2D eigenvalue weighted by Gasteiger charge is -2.12. The van der Waals surface area contributed by atoms with E-state index in [-0.39, 0.29) is 11.5 Å². The fourth-order valence-corrected chi connectivity index (χ4v) is 2.14. The molecular weight excluding hydrogens is 270 g/mol. The molecule has 0 unspecified atom stereocenters. The largest absolute Gasteiger partial charge is 0.423 e. The first-order valence-corrected chi connectivity index (χ1v) is 6.64. The number of esters is 2. The third-order valence-electron chi connectivity index (χ3n) is 2.93. The fraction of sp³-hybridized carbons (Fsp3) is 0.250. The van der Waals surface area contributed by atoms with Gasteiger partial charge in [0.1, 0.15) is 0 Å². The lowest BCUT2D eigenvalue weighted by molar-refractivity contribution is -0.134. The molecule has 5 nitrogen and oxygen atoms in total. The Hall–Kier alpha value is -2.40. The average Bonchev–Trinajstić information content (AvgIpc) is 2.41. The maximum atomic E-state index is 11.3. The first-order chi connectivity index (χ1) is 10.0. The summed E-state index contributed by atoms with van der Waals surface area (Å²) in [4.78, 5) is 22.4. The van der Waals surface area contributed by atoms with Gasteiger partial charge >= 0.3 is 11.9 Å². The van der Waals surface area contributed by atoms with Crippen LogP contribution < -0.4 is 15.2 Å². The average molecular weight is 287 g/mol. The van der Waals surface area contributed by atoms with Crippen LogP contribution >= 0.6 is 0 Å². The monoisotopic (exact) mass is 287 g/mol. The van der Waals surface area contributed by atoms with Gasteiger partial charge < -0.3 is 15.2 Å². The van der Waals surface area contributed by atoms with Crippen molar-refractivity contribution in [3.8, 4) is 11.5 Å². The summed E-state index contributed by atoms with van der Waals surface area (Å²) in [7, 11) is 0. The van der Waals surface area contributed by atoms with E-state index in [0.29, 0.717) is 11.9 Å². The highest BCUT2D eigenvalue weighted by Crippen LogP contribution is 2.36. The highest BCUT2D eigenvalue weighted by molar-refractivity contribution is 5.93. The van der Waals surface area contributed by atoms with Crippen LogP contribution in [0, 0.1) is 0 Å². The van der Waals surface area contributed by atoms with Gasteiger partial charge in [-0.25, -0.2) is 0 Å². The number of hydrogen-bond donors (Lipinski definition) is 1. The van der Waals surface area contributed by atoms with Gasteiger partial charge in [0.25, 0.3) is 0 Å². The van der Waals surface area contributed by atoms with Crippen molar-refractivity contribution in [2.45, 2.75) is 20.3 Å². The van der Waals surface area contributed by atoms with Crippen molar-refractivity contribution in [2.75, 3.05) is 6.54 Å². The summed E-state index contributed by atoms with van der Waals surface area (Å²) in [6.45, 7) is 3.17. The summed E-state index contributed by atoms with van der Waals surface area (Å²) >= 11 is 0. The maximum Gasteiger partial charge on any atom is 0.308 e. The van der Waals surface area contributed by atoms with E-state index in [9.17, 15) is 9.59 Å². The van der Waals surface area contributed by atoms with Gasteiger partial charge in [-0.3, -0.25) is 9.59 Å². The Kier molecular flexibility index (Phi) is 4.55. The van der Waals surface area contributed by atoms with E-state index in [1.165, 1.54) is 13.8 Å². The molecule has 0 spiro atoms. The first-order valence-electron chi connectivity index (χ1n) is 6.64. The molecule has 0 atom stereocenters. The van der Waals surface area contributed by atoms with Crippen molar-refractivity contribution in [3.05, 3.63) is 35.9 Å². The number of hydrogen-bond acceptors (Lipinski definition) is 5. The van der Waals surface area contributed by atoms with E-state index >= 15 is 0 Å². The molecule has 110 valence electrons. The zero-order chi connectivity index (χ0) is 15.4. The minimum absolute atomic E-state index is 0.233. The minimum atomic E-state index is -0.470. The molecule has 0 aromatic heterocycles. The van der Waals surface area contributed by atoms with Gasteiger partial charge in [0.15, 0.2) is 11.5 Å². The van der Waals surface area contributed by atoms with Gasteiger partial charge in [-0.05, 0) is 30.0 Å². The van der Waals surface area contributed by atoms with E-state index in [1.54, 1.807) is 6.07 Å². The summed E-state index contributed by atoms with van der Waals surface area (Å²) in [5, 5.41) is 1.61. The molecule has 0 saturated carbocycles. The molecule has 0 saturated heterocycles. The minimum Gasteiger partial charge on any atom is -0.423 e. The standard InChI is InChI=1S/C16H17NO4/c1-10(18)20-15-6-4-13-9-12(7-8-17)3-5-14(13)16(15)21-11(2)19/h3-6,9H,7-8,17H2,1-2H3. The first kappa shape index (κ1) is 15.0. The summed E-state index contributed by atoms with van der Waals surface area (Å²) < 4.78 is 10.3. The molecule has 2 N–H and O–H groups in total. The quantitative estimate of drug-likeness (QED) is 0.689. The van der Waals surface area contributed by atoms with Crippen LogP contribution in [0.3, 0.4) is 0 Å². The second kappa shape index (κ2) is 6.37. The Morgan fingerprint density at radius 1 is 1.05 bits per heavy atom. The third kappa shape index (κ3) is 3.58. The lowest BCUT2D eigenvalue weighted by Crippen LogP contribution is -2.07. The van der Waals surface area contributed by atoms with Crippen LogP contribution in [0.5, 0.6) is 11.5 Å². The Morgan fingerprint density at radius 2 is 1.76 bits per heavy atom. The van der Waals surface area contributed by atoms with Crippen LogP contribution in [0.1, 0.15) is 19.4 Å². The molecule has 0 amide bonds. The molecule has 2 aromatic rings. The number of nitrogens with two attached hydrogens (primary N) is 1. The highest BCUT2D eigenvalue weighted by Gasteiger charge is 2.14. The van der Waals surface area contributed by atoms with Crippen molar-refractivity contribution in [3.63, 3.8) is 0 Å². The number of carbonyl (C=O) groups is 2. The molecular formula is C16H17NO4. The SMILES string of the molecule is CC(=O)Oc1ccc2cc(CCN)ccc2c1OC(C)=O. The van der Waals surface area contributed by atoms with Gasteiger partial charge in [0, 0.05) is 19.2 Å². The van der Waals surface area contributed by atoms with Gasteiger partial charge in [-0.15, -0.1) is 0 Å². The topological polar surface area (TPSA) is 78.6 Å². The molecule has 0 aliphatic heterocycles. The summed E-state index contributed by atoms with van der Waals surface area (Å²) in [5.41, 5.74) is 6.65. The molecule has 0 radical (unpaired) electrons. The molecule has 5 heteroatoms. The zero-order valence-electron chi connectivity index (χ0n) is 12.0. The molecule has 0 fully saturated rings. The number of benzene rings is 2. The third-order valence-corrected chi connectivity index (χ3v) is 2.93. The smallest absolute Gasteiger partial charge is 0.308 e. The maximum absolute atomic E-state index is 11.3. The van der Waals surface area contributed by atoms with Gasteiger partial charge in [-0.1, -0.05) is 24.3 Å². The number of rotatable bonds is 4. The van der Waals surface area contributed by atoms with Crippen molar-refractivity contribution >= 4 is 22.7 Å². The van der Waals surface area contributed by atoms with E-state index in [4.69, 9.17) is 15.2 Å². The van der Waals surface area contributed by atoms with Crippen LogP contribution in [0.2, 0.25) is 0 Å². The van der Waals surface area contributed by atoms with E-state index < -0.39 is 11.9 Å². The second-order valence-electron chi connectivity index (χ2n) is 4.67. The lowest BCUT2D eigenvalue weighted by atomic mass is 10.0. The highest BCUT2D eigenvalue weighted by atomic mass is 16.6. The predicted molar refractivity (Wildman–Crippen MR) is 79.3 cm³/mol. The number of fused-ring (bicyclic) bond motifs is 1. The molecule has 2 rings (SSSR count). The van der Waals surface area contributed by atoms with Crippen LogP contribution in [-0.2, 0) is 16.0 Å². The second-order valence-corrected chi connectivity index (χ2v) is 4.67. The van der Waals surface area contributed by atoms with E-state index in [2.05, 4.69) is 0 Å². The Balaban J connectivity index is 2.57. The molecule has 0 aliphatic rings. The fourth-order valence-electron chi connectivity index (χ4n) is 2.14. The van der Waals surface area contributed by atoms with Crippen LogP contribution in [0.4, 0.5) is 0 Å². The zero-order valence-corrected chi connectivity index (χ0v) is 12.0. The Morgan fingerprint density at radius 3 is 2.38 bits per heavy atom. The van der Waals surface area contributed by atoms with Crippen LogP contribution in [0.25, 0.3) is 10.8 Å². The van der Waals surface area contributed by atoms with Crippen LogP contribution in [0.15, 0.2) is 30.3 Å². The van der Waals surface area contributed by atoms with E-state index in [0.717, 1.165) is 17.4 Å². The molecule has 21 heavy (non-hydrogen) atoms. The Bertz CT molecular complexity index is 694. The summed E-state index contributed by atoms with van der Waals surface area (Å²) in [6.07, 6.45) is 0.768.